The van der Waals surface area contributed by atoms with Crippen molar-refractivity contribution in [2.24, 2.45) is 5.92 Å². The van der Waals surface area contributed by atoms with Gasteiger partial charge in [0.2, 0.25) is 5.91 Å². The van der Waals surface area contributed by atoms with Crippen molar-refractivity contribution in [3.63, 3.8) is 0 Å². The van der Waals surface area contributed by atoms with Crippen molar-refractivity contribution in [3.8, 4) is 0 Å². The minimum Gasteiger partial charge on any atom is -0.352 e. The van der Waals surface area contributed by atoms with Crippen molar-refractivity contribution in [3.05, 3.63) is 71.8 Å². The molecule has 2 unspecified atom stereocenters. The smallest absolute Gasteiger partial charge is 0.251 e. The highest BCUT2D eigenvalue weighted by Gasteiger charge is 2.23. The summed E-state index contributed by atoms with van der Waals surface area (Å²) in [6, 6.07) is 20.2. The lowest BCUT2D eigenvalue weighted by Gasteiger charge is -2.26. The minimum absolute atomic E-state index is 0.0147. The van der Waals surface area contributed by atoms with E-state index in [0.717, 1.165) is 18.0 Å². The van der Waals surface area contributed by atoms with E-state index in [1.165, 1.54) is 0 Å². The first-order valence-corrected chi connectivity index (χ1v) is 12.8. The lowest BCUT2D eigenvalue weighted by atomic mass is 10.1. The van der Waals surface area contributed by atoms with Crippen LogP contribution in [0, 0.1) is 5.92 Å². The molecule has 0 bridgehead atoms. The lowest BCUT2D eigenvalue weighted by Crippen LogP contribution is -2.45. The van der Waals surface area contributed by atoms with E-state index in [9.17, 15) is 9.59 Å². The number of nitrogens with one attached hydrogen (secondary N) is 2. The van der Waals surface area contributed by atoms with Gasteiger partial charge in [-0.2, -0.15) is 0 Å². The first kappa shape index (κ1) is 21.9. The SMILES string of the molecule is CC(C)CC(NC(=O)c1ccccc1)[SiH](C)CCC(=O)NCc1ccccc1. The predicted octanol–water partition coefficient (Wildman–Crippen LogP) is 3.93. The Morgan fingerprint density at radius 1 is 0.964 bits per heavy atom. The van der Waals surface area contributed by atoms with Gasteiger partial charge in [-0.05, 0) is 36.1 Å². The molecule has 0 heterocycles. The second-order valence-electron chi connectivity index (χ2n) is 7.85. The van der Waals surface area contributed by atoms with E-state index >= 15 is 0 Å². The molecule has 4 nitrogen and oxygen atoms in total. The summed E-state index contributed by atoms with van der Waals surface area (Å²) in [6.07, 6.45) is 1.48. The fourth-order valence-electron chi connectivity index (χ4n) is 3.23. The van der Waals surface area contributed by atoms with Gasteiger partial charge in [0, 0.05) is 24.2 Å². The molecule has 0 radical (unpaired) electrons. The Kier molecular flexibility index (Phi) is 8.95. The molecular weight excluding hydrogens is 364 g/mol. The van der Waals surface area contributed by atoms with Crippen molar-refractivity contribution >= 4 is 20.6 Å². The predicted molar refractivity (Wildman–Crippen MR) is 118 cm³/mol. The molecule has 2 aromatic rings. The number of benzene rings is 2. The molecule has 2 atom stereocenters. The molecular formula is C23H32N2O2Si. The molecule has 0 spiro atoms. The van der Waals surface area contributed by atoms with E-state index in [4.69, 9.17) is 0 Å². The van der Waals surface area contributed by atoms with Crippen molar-refractivity contribution in [1.82, 2.24) is 10.6 Å². The monoisotopic (exact) mass is 396 g/mol. The van der Waals surface area contributed by atoms with Crippen LogP contribution in [0.15, 0.2) is 60.7 Å². The number of carbonyl (C=O) groups is 2. The Bertz CT molecular complexity index is 735. The van der Waals surface area contributed by atoms with Crippen molar-refractivity contribution in [1.29, 1.82) is 0 Å². The minimum atomic E-state index is -1.30. The van der Waals surface area contributed by atoms with Gasteiger partial charge >= 0.3 is 0 Å². The Balaban J connectivity index is 1.85. The summed E-state index contributed by atoms with van der Waals surface area (Å²) in [4.78, 5) is 24.8. The largest absolute Gasteiger partial charge is 0.352 e. The quantitative estimate of drug-likeness (QED) is 0.598. The van der Waals surface area contributed by atoms with E-state index in [1.807, 2.05) is 60.7 Å². The van der Waals surface area contributed by atoms with Crippen LogP contribution < -0.4 is 10.6 Å². The van der Waals surface area contributed by atoms with Gasteiger partial charge in [-0.25, -0.2) is 0 Å². The normalized spacial score (nSPS) is 13.0. The second kappa shape index (κ2) is 11.4. The van der Waals surface area contributed by atoms with Crippen LogP contribution in [0.1, 0.15) is 42.6 Å². The molecule has 0 aliphatic heterocycles. The van der Waals surface area contributed by atoms with E-state index in [-0.39, 0.29) is 17.5 Å². The van der Waals surface area contributed by atoms with Crippen LogP contribution in [0.3, 0.4) is 0 Å². The van der Waals surface area contributed by atoms with Gasteiger partial charge in [0.05, 0.1) is 8.80 Å². The Labute approximate surface area is 170 Å². The fourth-order valence-corrected chi connectivity index (χ4v) is 5.79. The summed E-state index contributed by atoms with van der Waals surface area (Å²) >= 11 is 0. The maximum atomic E-state index is 12.6. The summed E-state index contributed by atoms with van der Waals surface area (Å²) in [5, 5.41) is 6.23. The third kappa shape index (κ3) is 7.68. The molecule has 0 aliphatic carbocycles. The summed E-state index contributed by atoms with van der Waals surface area (Å²) in [5.41, 5.74) is 1.99. The highest BCUT2D eigenvalue weighted by Crippen LogP contribution is 2.13. The summed E-state index contributed by atoms with van der Waals surface area (Å²) in [6.45, 7) is 7.17. The Morgan fingerprint density at radius 3 is 2.18 bits per heavy atom. The van der Waals surface area contributed by atoms with Gasteiger partial charge in [-0.15, -0.1) is 0 Å². The molecule has 5 heteroatoms. The molecule has 2 rings (SSSR count). The third-order valence-electron chi connectivity index (χ3n) is 4.92. The van der Waals surface area contributed by atoms with Crippen molar-refractivity contribution < 1.29 is 9.59 Å². The maximum absolute atomic E-state index is 12.6. The zero-order valence-electron chi connectivity index (χ0n) is 17.2. The number of carbonyl (C=O) groups excluding carboxylic acids is 2. The number of rotatable bonds is 10. The second-order valence-corrected chi connectivity index (χ2v) is 11.2. The van der Waals surface area contributed by atoms with Crippen LogP contribution in [0.25, 0.3) is 0 Å². The maximum Gasteiger partial charge on any atom is 0.251 e. The Morgan fingerprint density at radius 2 is 1.57 bits per heavy atom. The highest BCUT2D eigenvalue weighted by molar-refractivity contribution is 6.59. The van der Waals surface area contributed by atoms with Gasteiger partial charge in [-0.3, -0.25) is 9.59 Å². The van der Waals surface area contributed by atoms with Crippen LogP contribution >= 0.6 is 0 Å². The Hall–Kier alpha value is -2.40. The lowest BCUT2D eigenvalue weighted by molar-refractivity contribution is -0.120. The number of amides is 2. The average molecular weight is 397 g/mol. The van der Waals surface area contributed by atoms with Gasteiger partial charge in [0.15, 0.2) is 0 Å². The van der Waals surface area contributed by atoms with Gasteiger partial charge in [-0.1, -0.05) is 68.9 Å². The number of hydrogen-bond acceptors (Lipinski definition) is 2. The molecule has 2 amide bonds. The molecule has 28 heavy (non-hydrogen) atoms. The molecule has 0 fully saturated rings. The van der Waals surface area contributed by atoms with Gasteiger partial charge in [0.1, 0.15) is 0 Å². The zero-order chi connectivity index (χ0) is 20.4. The highest BCUT2D eigenvalue weighted by atomic mass is 28.3. The molecule has 0 saturated carbocycles. The van der Waals surface area contributed by atoms with E-state index in [0.29, 0.717) is 24.4 Å². The average Bonchev–Trinajstić information content (AvgIpc) is 2.71. The van der Waals surface area contributed by atoms with Crippen LogP contribution in [0.4, 0.5) is 0 Å². The topological polar surface area (TPSA) is 58.2 Å². The molecule has 2 aromatic carbocycles. The molecule has 150 valence electrons. The van der Waals surface area contributed by atoms with Crippen LogP contribution in [-0.2, 0) is 11.3 Å². The van der Waals surface area contributed by atoms with Crippen molar-refractivity contribution in [2.45, 2.75) is 51.5 Å². The zero-order valence-corrected chi connectivity index (χ0v) is 18.3. The van der Waals surface area contributed by atoms with Gasteiger partial charge in [0.25, 0.3) is 5.91 Å². The van der Waals surface area contributed by atoms with Crippen LogP contribution in [0.5, 0.6) is 0 Å². The summed E-state index contributed by atoms with van der Waals surface area (Å²) in [7, 11) is -1.30. The fraction of sp³-hybridized carbons (Fsp3) is 0.391. The standard InChI is InChI=1S/C23H32N2O2Si/c1-18(2)16-22(25-23(27)20-12-8-5-9-13-20)28(3)15-14-21(26)24-17-19-10-6-4-7-11-19/h4-13,18,22,28H,14-17H2,1-3H3,(H,24,26)(H,25,27). The molecule has 0 saturated heterocycles. The third-order valence-corrected chi connectivity index (χ3v) is 7.94. The van der Waals surface area contributed by atoms with Gasteiger partial charge < -0.3 is 10.6 Å². The van der Waals surface area contributed by atoms with Crippen LogP contribution in [0.2, 0.25) is 12.6 Å². The van der Waals surface area contributed by atoms with Crippen LogP contribution in [-0.4, -0.2) is 26.3 Å². The molecule has 2 N–H and O–H groups in total. The van der Waals surface area contributed by atoms with Crippen molar-refractivity contribution in [2.75, 3.05) is 0 Å². The van der Waals surface area contributed by atoms with E-state index in [2.05, 4.69) is 31.0 Å². The van der Waals surface area contributed by atoms with E-state index in [1.54, 1.807) is 0 Å². The number of hydrogen-bond donors (Lipinski definition) is 2. The van der Waals surface area contributed by atoms with E-state index < -0.39 is 8.80 Å². The first-order chi connectivity index (χ1) is 13.5. The molecule has 0 aromatic heterocycles. The summed E-state index contributed by atoms with van der Waals surface area (Å²) < 4.78 is 0. The molecule has 0 aliphatic rings. The summed E-state index contributed by atoms with van der Waals surface area (Å²) in [5.74, 6) is 0.572. The first-order valence-electron chi connectivity index (χ1n) is 10.1.